The number of hydrogen-bond donors (Lipinski definition) is 2. The van der Waals surface area contributed by atoms with Crippen molar-refractivity contribution in [1.29, 1.82) is 0 Å². The molecule has 0 radical (unpaired) electrons. The molecule has 3 N–H and O–H groups in total. The van der Waals surface area contributed by atoms with Gasteiger partial charge in [-0.15, -0.1) is 0 Å². The summed E-state index contributed by atoms with van der Waals surface area (Å²) >= 11 is 3.38. The molecule has 0 aliphatic heterocycles. The summed E-state index contributed by atoms with van der Waals surface area (Å²) in [4.78, 5) is 0.286. The molecule has 1 aliphatic rings. The van der Waals surface area contributed by atoms with E-state index in [1.807, 2.05) is 13.0 Å². The summed E-state index contributed by atoms with van der Waals surface area (Å²) in [7, 11) is -3.50. The molecule has 1 saturated carbocycles. The third-order valence-corrected chi connectivity index (χ3v) is 6.93. The number of halogens is 1. The fraction of sp³-hybridized carbons (Fsp3) is 0.600. The maximum atomic E-state index is 12.5. The highest BCUT2D eigenvalue weighted by Crippen LogP contribution is 2.31. The number of hydrogen-bond acceptors (Lipinski definition) is 3. The van der Waals surface area contributed by atoms with Gasteiger partial charge in [-0.1, -0.05) is 19.4 Å². The molecule has 0 saturated heterocycles. The van der Waals surface area contributed by atoms with Crippen LogP contribution in [0.1, 0.15) is 37.3 Å². The molecule has 2 rings (SSSR count). The average Bonchev–Trinajstić information content (AvgIpc) is 2.85. The van der Waals surface area contributed by atoms with Crippen LogP contribution in [0.5, 0.6) is 0 Å². The van der Waals surface area contributed by atoms with Crippen molar-refractivity contribution >= 4 is 26.0 Å². The number of nitrogens with two attached hydrogens (primary N) is 1. The second-order valence-corrected chi connectivity index (χ2v) is 8.59. The van der Waals surface area contributed by atoms with Crippen LogP contribution in [0, 0.1) is 18.8 Å². The van der Waals surface area contributed by atoms with Gasteiger partial charge >= 0.3 is 0 Å². The number of sulfonamides is 1. The minimum absolute atomic E-state index is 0.286. The van der Waals surface area contributed by atoms with Gasteiger partial charge in [0.25, 0.3) is 0 Å². The van der Waals surface area contributed by atoms with E-state index >= 15 is 0 Å². The maximum Gasteiger partial charge on any atom is 0.241 e. The van der Waals surface area contributed by atoms with Crippen LogP contribution in [0.15, 0.2) is 21.5 Å². The molecule has 6 heteroatoms. The Kier molecular flexibility index (Phi) is 5.46. The highest BCUT2D eigenvalue weighted by Gasteiger charge is 2.25. The third-order valence-electron chi connectivity index (χ3n) is 4.17. The van der Waals surface area contributed by atoms with Crippen LogP contribution in [-0.2, 0) is 16.6 Å². The summed E-state index contributed by atoms with van der Waals surface area (Å²) in [5.41, 5.74) is 7.35. The molecule has 1 aliphatic carbocycles. The smallest absolute Gasteiger partial charge is 0.241 e. The van der Waals surface area contributed by atoms with Crippen molar-refractivity contribution < 1.29 is 8.42 Å². The molecule has 0 amide bonds. The Morgan fingerprint density at radius 1 is 1.38 bits per heavy atom. The van der Waals surface area contributed by atoms with Gasteiger partial charge in [0.15, 0.2) is 0 Å². The van der Waals surface area contributed by atoms with Crippen molar-refractivity contribution in [2.75, 3.05) is 6.54 Å². The Morgan fingerprint density at radius 2 is 2.10 bits per heavy atom. The molecule has 4 nitrogen and oxygen atoms in total. The van der Waals surface area contributed by atoms with Gasteiger partial charge in [0, 0.05) is 17.6 Å². The molecular formula is C15H23BrN2O2S. The average molecular weight is 375 g/mol. The SMILES string of the molecule is Cc1cc(CN)cc(S(=O)(=O)NCC2CCC(C)C2)c1Br. The minimum atomic E-state index is -3.50. The molecule has 2 unspecified atom stereocenters. The first-order chi connectivity index (χ1) is 9.83. The molecular weight excluding hydrogens is 352 g/mol. The number of benzene rings is 1. The van der Waals surface area contributed by atoms with E-state index in [9.17, 15) is 8.42 Å². The predicted octanol–water partition coefficient (Wildman–Crippen LogP) is 2.93. The zero-order valence-corrected chi connectivity index (χ0v) is 14.9. The van der Waals surface area contributed by atoms with E-state index in [0.29, 0.717) is 29.4 Å². The van der Waals surface area contributed by atoms with Gasteiger partial charge in [0.1, 0.15) is 0 Å². The van der Waals surface area contributed by atoms with E-state index in [0.717, 1.165) is 24.0 Å². The molecule has 2 atom stereocenters. The van der Waals surface area contributed by atoms with E-state index < -0.39 is 10.0 Å². The van der Waals surface area contributed by atoms with Crippen LogP contribution in [-0.4, -0.2) is 15.0 Å². The standard InChI is InChI=1S/C15H23BrN2O2S/c1-10-3-4-12(5-10)9-18-21(19,20)14-7-13(8-17)6-11(2)15(14)16/h6-7,10,12,18H,3-5,8-9,17H2,1-2H3. The normalized spacial score (nSPS) is 22.7. The highest BCUT2D eigenvalue weighted by molar-refractivity contribution is 9.10. The Hall–Kier alpha value is -0.430. The molecule has 0 heterocycles. The van der Waals surface area contributed by atoms with Crippen molar-refractivity contribution in [2.24, 2.45) is 17.6 Å². The quantitative estimate of drug-likeness (QED) is 0.831. The van der Waals surface area contributed by atoms with Gasteiger partial charge in [-0.3, -0.25) is 0 Å². The number of nitrogens with one attached hydrogen (secondary N) is 1. The Morgan fingerprint density at radius 3 is 2.67 bits per heavy atom. The lowest BCUT2D eigenvalue weighted by Gasteiger charge is -2.14. The third kappa shape index (κ3) is 4.06. The maximum absolute atomic E-state index is 12.5. The van der Waals surface area contributed by atoms with Crippen molar-refractivity contribution in [2.45, 2.75) is 44.6 Å². The first-order valence-corrected chi connectivity index (χ1v) is 9.60. The van der Waals surface area contributed by atoms with Gasteiger partial charge < -0.3 is 5.73 Å². The lowest BCUT2D eigenvalue weighted by molar-refractivity contribution is 0.498. The van der Waals surface area contributed by atoms with Crippen molar-refractivity contribution in [3.05, 3.63) is 27.7 Å². The molecule has 118 valence electrons. The van der Waals surface area contributed by atoms with Crippen LogP contribution in [0.25, 0.3) is 0 Å². The molecule has 0 bridgehead atoms. The van der Waals surface area contributed by atoms with Crippen LogP contribution < -0.4 is 10.5 Å². The van der Waals surface area contributed by atoms with Crippen LogP contribution >= 0.6 is 15.9 Å². The van der Waals surface area contributed by atoms with Crippen LogP contribution in [0.4, 0.5) is 0 Å². The zero-order valence-electron chi connectivity index (χ0n) is 12.5. The number of rotatable bonds is 5. The largest absolute Gasteiger partial charge is 0.326 e. The van der Waals surface area contributed by atoms with E-state index in [2.05, 4.69) is 27.6 Å². The summed E-state index contributed by atoms with van der Waals surface area (Å²) in [6, 6.07) is 3.55. The summed E-state index contributed by atoms with van der Waals surface area (Å²) in [6.45, 7) is 4.95. The molecule has 0 spiro atoms. The number of aryl methyl sites for hydroxylation is 1. The fourth-order valence-corrected chi connectivity index (χ4v) is 5.12. The molecule has 1 fully saturated rings. The van der Waals surface area contributed by atoms with Gasteiger partial charge in [0.05, 0.1) is 4.90 Å². The summed E-state index contributed by atoms with van der Waals surface area (Å²) in [5.74, 6) is 1.15. The Labute approximate surface area is 135 Å². The first-order valence-electron chi connectivity index (χ1n) is 7.32. The monoisotopic (exact) mass is 374 g/mol. The van der Waals surface area contributed by atoms with Crippen molar-refractivity contribution in [1.82, 2.24) is 4.72 Å². The van der Waals surface area contributed by atoms with Crippen LogP contribution in [0.2, 0.25) is 0 Å². The highest BCUT2D eigenvalue weighted by atomic mass is 79.9. The fourth-order valence-electron chi connectivity index (χ4n) is 2.94. The lowest BCUT2D eigenvalue weighted by Crippen LogP contribution is -2.29. The Balaban J connectivity index is 2.17. The van der Waals surface area contributed by atoms with E-state index in [-0.39, 0.29) is 4.90 Å². The molecule has 21 heavy (non-hydrogen) atoms. The summed E-state index contributed by atoms with van der Waals surface area (Å²) < 4.78 is 28.4. The summed E-state index contributed by atoms with van der Waals surface area (Å²) in [5, 5.41) is 0. The van der Waals surface area contributed by atoms with E-state index in [1.165, 1.54) is 6.42 Å². The molecule has 1 aromatic carbocycles. The lowest BCUT2D eigenvalue weighted by atomic mass is 10.1. The van der Waals surface area contributed by atoms with Crippen molar-refractivity contribution in [3.63, 3.8) is 0 Å². The van der Waals surface area contributed by atoms with Gasteiger partial charge in [-0.05, 0) is 64.7 Å². The second kappa shape index (κ2) is 6.77. The zero-order chi connectivity index (χ0) is 15.6. The minimum Gasteiger partial charge on any atom is -0.326 e. The topological polar surface area (TPSA) is 72.2 Å². The van der Waals surface area contributed by atoms with Gasteiger partial charge in [-0.2, -0.15) is 0 Å². The van der Waals surface area contributed by atoms with Crippen molar-refractivity contribution in [3.8, 4) is 0 Å². The van der Waals surface area contributed by atoms with Gasteiger partial charge in [-0.25, -0.2) is 13.1 Å². The van der Waals surface area contributed by atoms with Gasteiger partial charge in [0.2, 0.25) is 10.0 Å². The summed E-state index contributed by atoms with van der Waals surface area (Å²) in [6.07, 6.45) is 3.40. The second-order valence-electron chi connectivity index (χ2n) is 6.07. The van der Waals surface area contributed by atoms with E-state index in [4.69, 9.17) is 5.73 Å². The predicted molar refractivity (Wildman–Crippen MR) is 88.5 cm³/mol. The first kappa shape index (κ1) is 16.9. The van der Waals surface area contributed by atoms with E-state index in [1.54, 1.807) is 6.07 Å². The molecule has 0 aromatic heterocycles. The Bertz CT molecular complexity index is 616. The van der Waals surface area contributed by atoms with Crippen LogP contribution in [0.3, 0.4) is 0 Å². The molecule has 1 aromatic rings.